The number of hydrogen-bond acceptors (Lipinski definition) is 7. The van der Waals surface area contributed by atoms with Gasteiger partial charge in [-0.25, -0.2) is 8.42 Å². The quantitative estimate of drug-likeness (QED) is 0.532. The molecule has 1 aromatic carbocycles. The summed E-state index contributed by atoms with van der Waals surface area (Å²) in [5, 5.41) is 6.55. The summed E-state index contributed by atoms with van der Waals surface area (Å²) in [5.41, 5.74) is 1.70. The van der Waals surface area contributed by atoms with Gasteiger partial charge < -0.3 is 9.42 Å². The Balaban J connectivity index is 1.28. The molecule has 0 radical (unpaired) electrons. The van der Waals surface area contributed by atoms with Gasteiger partial charge in [0.1, 0.15) is 4.21 Å². The fourth-order valence-corrected chi connectivity index (χ4v) is 7.16. The molecule has 0 amide bonds. The van der Waals surface area contributed by atoms with E-state index in [1.165, 1.54) is 24.2 Å². The molecule has 7 nitrogen and oxygen atoms in total. The van der Waals surface area contributed by atoms with Gasteiger partial charge in [0.15, 0.2) is 0 Å². The van der Waals surface area contributed by atoms with E-state index < -0.39 is 10.0 Å². The summed E-state index contributed by atoms with van der Waals surface area (Å²) in [4.78, 5) is 6.68. The second kappa shape index (κ2) is 8.54. The molecule has 1 aliphatic heterocycles. The second-order valence-corrected chi connectivity index (χ2v) is 11.5. The Kier molecular flexibility index (Phi) is 5.76. The van der Waals surface area contributed by atoms with Crippen LogP contribution in [0.25, 0.3) is 11.4 Å². The predicted molar refractivity (Wildman–Crippen MR) is 121 cm³/mol. The van der Waals surface area contributed by atoms with Crippen LogP contribution in [0.3, 0.4) is 0 Å². The highest BCUT2D eigenvalue weighted by Crippen LogP contribution is 2.35. The number of benzene rings is 1. The van der Waals surface area contributed by atoms with Crippen molar-refractivity contribution >= 4 is 38.6 Å². The summed E-state index contributed by atoms with van der Waals surface area (Å²) in [6.07, 6.45) is 4.53. The molecule has 0 spiro atoms. The van der Waals surface area contributed by atoms with Gasteiger partial charge >= 0.3 is 0 Å². The van der Waals surface area contributed by atoms with Crippen LogP contribution < -0.4 is 4.90 Å². The van der Waals surface area contributed by atoms with E-state index in [1.807, 2.05) is 24.3 Å². The molecular formula is C21H23ClN4O3S2. The molecule has 1 saturated carbocycles. The highest BCUT2D eigenvalue weighted by atomic mass is 35.5. The average Bonchev–Trinajstić information content (AvgIpc) is 3.55. The molecule has 2 fully saturated rings. The maximum atomic E-state index is 13.2. The van der Waals surface area contributed by atoms with Crippen molar-refractivity contribution in [1.29, 1.82) is 0 Å². The lowest BCUT2D eigenvalue weighted by atomic mass is 10.1. The lowest BCUT2D eigenvalue weighted by molar-refractivity contribution is 0.354. The van der Waals surface area contributed by atoms with E-state index in [2.05, 4.69) is 15.0 Å². The summed E-state index contributed by atoms with van der Waals surface area (Å²) >= 11 is 7.29. The largest absolute Gasteiger partial charge is 0.369 e. The third kappa shape index (κ3) is 4.24. The highest BCUT2D eigenvalue weighted by molar-refractivity contribution is 7.91. The van der Waals surface area contributed by atoms with E-state index >= 15 is 0 Å². The number of nitrogens with zero attached hydrogens (tertiary/aromatic N) is 4. The smallest absolute Gasteiger partial charge is 0.252 e. The van der Waals surface area contributed by atoms with Gasteiger partial charge in [0.25, 0.3) is 10.0 Å². The Hall–Kier alpha value is -1.94. The molecular weight excluding hydrogens is 456 g/mol. The van der Waals surface area contributed by atoms with Crippen molar-refractivity contribution in [2.75, 3.05) is 31.1 Å². The lowest BCUT2D eigenvalue weighted by Gasteiger charge is -2.35. The van der Waals surface area contributed by atoms with E-state index in [4.69, 9.17) is 16.1 Å². The molecule has 2 aromatic heterocycles. The Morgan fingerprint density at radius 2 is 1.87 bits per heavy atom. The molecule has 0 atom stereocenters. The number of thiophene rings is 1. The molecule has 10 heteroatoms. The van der Waals surface area contributed by atoms with Crippen LogP contribution in [-0.4, -0.2) is 49.0 Å². The highest BCUT2D eigenvalue weighted by Gasteiger charge is 2.31. The van der Waals surface area contributed by atoms with Crippen LogP contribution in [0.4, 0.5) is 5.69 Å². The van der Waals surface area contributed by atoms with Crippen molar-refractivity contribution in [3.8, 4) is 11.4 Å². The molecule has 0 unspecified atom stereocenters. The predicted octanol–water partition coefficient (Wildman–Crippen LogP) is 4.62. The summed E-state index contributed by atoms with van der Waals surface area (Å²) in [7, 11) is -3.56. The van der Waals surface area contributed by atoms with Gasteiger partial charge in [0.05, 0.1) is 0 Å². The zero-order valence-electron chi connectivity index (χ0n) is 16.9. The molecule has 3 aromatic rings. The Morgan fingerprint density at radius 1 is 1.10 bits per heavy atom. The van der Waals surface area contributed by atoms with E-state index in [1.54, 1.807) is 15.8 Å². The molecule has 2 aliphatic rings. The first-order chi connectivity index (χ1) is 15.0. The van der Waals surface area contributed by atoms with Gasteiger partial charge in [0.2, 0.25) is 11.7 Å². The van der Waals surface area contributed by atoms with E-state index in [0.717, 1.165) is 18.5 Å². The van der Waals surface area contributed by atoms with Crippen molar-refractivity contribution in [2.24, 2.45) is 0 Å². The number of sulfonamides is 1. The van der Waals surface area contributed by atoms with Crippen molar-refractivity contribution in [1.82, 2.24) is 14.4 Å². The SMILES string of the molecule is O=S(=O)(c1cc(-c2noc(C3CCCC3)n2)cs1)N1CCN(c2cccc(Cl)c2)CC1. The summed E-state index contributed by atoms with van der Waals surface area (Å²) in [5.74, 6) is 1.46. The number of rotatable bonds is 5. The van der Waals surface area contributed by atoms with Crippen molar-refractivity contribution < 1.29 is 12.9 Å². The van der Waals surface area contributed by atoms with Crippen molar-refractivity contribution in [3.63, 3.8) is 0 Å². The number of piperazine rings is 1. The monoisotopic (exact) mass is 478 g/mol. The van der Waals surface area contributed by atoms with Gasteiger partial charge in [-0.15, -0.1) is 11.3 Å². The van der Waals surface area contributed by atoms with Crippen LogP contribution in [0.5, 0.6) is 0 Å². The summed E-state index contributed by atoms with van der Waals surface area (Å²) in [6.45, 7) is 2.09. The first-order valence-corrected chi connectivity index (χ1v) is 13.1. The molecule has 31 heavy (non-hydrogen) atoms. The zero-order valence-corrected chi connectivity index (χ0v) is 19.3. The van der Waals surface area contributed by atoms with Gasteiger partial charge in [-0.05, 0) is 37.1 Å². The fraction of sp³-hybridized carbons (Fsp3) is 0.429. The molecule has 0 N–H and O–H groups in total. The van der Waals surface area contributed by atoms with E-state index in [9.17, 15) is 8.42 Å². The van der Waals surface area contributed by atoms with Crippen LogP contribution in [0, 0.1) is 0 Å². The fourth-order valence-electron chi connectivity index (χ4n) is 4.25. The summed E-state index contributed by atoms with van der Waals surface area (Å²) in [6, 6.07) is 9.30. The van der Waals surface area contributed by atoms with Gasteiger partial charge in [0, 0.05) is 53.8 Å². The molecule has 164 valence electrons. The number of aromatic nitrogens is 2. The number of halogens is 1. The number of hydrogen-bond donors (Lipinski definition) is 0. The lowest BCUT2D eigenvalue weighted by Crippen LogP contribution is -2.48. The standard InChI is InChI=1S/C21H23ClN4O3S2/c22-17-6-3-7-18(13-17)25-8-10-26(11-9-25)31(27,28)19-12-16(14-30-19)20-23-21(29-24-20)15-4-1-2-5-15/h3,6-7,12-15H,1-2,4-5,8-11H2. The third-order valence-corrected chi connectivity index (χ3v) is 9.53. The van der Waals surface area contributed by atoms with Crippen LogP contribution in [0.2, 0.25) is 5.02 Å². The van der Waals surface area contributed by atoms with Crippen LogP contribution in [-0.2, 0) is 10.0 Å². The third-order valence-electron chi connectivity index (χ3n) is 5.99. The van der Waals surface area contributed by atoms with Gasteiger partial charge in [-0.3, -0.25) is 0 Å². The molecule has 5 rings (SSSR count). The topological polar surface area (TPSA) is 79.5 Å². The first kappa shape index (κ1) is 20.9. The van der Waals surface area contributed by atoms with Crippen molar-refractivity contribution in [2.45, 2.75) is 35.8 Å². The minimum atomic E-state index is -3.56. The first-order valence-electron chi connectivity index (χ1n) is 10.4. The van der Waals surface area contributed by atoms with E-state index in [0.29, 0.717) is 58.6 Å². The Labute approximate surface area is 190 Å². The molecule has 0 bridgehead atoms. The molecule has 1 saturated heterocycles. The average molecular weight is 479 g/mol. The normalized spacial score (nSPS) is 18.7. The van der Waals surface area contributed by atoms with Crippen LogP contribution >= 0.6 is 22.9 Å². The van der Waals surface area contributed by atoms with E-state index in [-0.39, 0.29) is 0 Å². The van der Waals surface area contributed by atoms with Gasteiger partial charge in [-0.1, -0.05) is 35.7 Å². The summed E-state index contributed by atoms with van der Waals surface area (Å²) < 4.78 is 33.7. The van der Waals surface area contributed by atoms with Crippen molar-refractivity contribution in [3.05, 3.63) is 46.6 Å². The minimum Gasteiger partial charge on any atom is -0.369 e. The maximum absolute atomic E-state index is 13.2. The van der Waals surface area contributed by atoms with Crippen LogP contribution in [0.15, 0.2) is 44.4 Å². The Morgan fingerprint density at radius 3 is 2.61 bits per heavy atom. The minimum absolute atomic E-state index is 0.311. The maximum Gasteiger partial charge on any atom is 0.252 e. The molecule has 1 aliphatic carbocycles. The van der Waals surface area contributed by atoms with Crippen LogP contribution in [0.1, 0.15) is 37.5 Å². The molecule has 3 heterocycles. The number of anilines is 1. The van der Waals surface area contributed by atoms with Gasteiger partial charge in [-0.2, -0.15) is 9.29 Å². The zero-order chi connectivity index (χ0) is 21.4. The second-order valence-electron chi connectivity index (χ2n) is 7.96. The Bertz CT molecular complexity index is 1160.